The molecule has 3 heterocycles. The van der Waals surface area contributed by atoms with E-state index in [-0.39, 0.29) is 5.56 Å². The summed E-state index contributed by atoms with van der Waals surface area (Å²) >= 11 is 0. The van der Waals surface area contributed by atoms with Gasteiger partial charge >= 0.3 is 0 Å². The second-order valence-corrected chi connectivity index (χ2v) is 2.86. The van der Waals surface area contributed by atoms with Crippen molar-refractivity contribution in [2.45, 2.75) is 0 Å². The number of hydrogen-bond donors (Lipinski definition) is 2. The zero-order valence-corrected chi connectivity index (χ0v) is 6.25. The van der Waals surface area contributed by atoms with E-state index in [1.165, 1.54) is 6.08 Å². The third kappa shape index (κ3) is 0.547. The van der Waals surface area contributed by atoms with Gasteiger partial charge in [0.25, 0.3) is 5.78 Å². The summed E-state index contributed by atoms with van der Waals surface area (Å²) in [4.78, 5) is 25.1. The first-order chi connectivity index (χ1) is 6.18. The summed E-state index contributed by atoms with van der Waals surface area (Å²) in [5.74, 6) is -2.13. The van der Waals surface area contributed by atoms with Gasteiger partial charge in [0.2, 0.25) is 17.2 Å². The lowest BCUT2D eigenvalue weighted by Crippen LogP contribution is -2.19. The molecule has 0 spiro atoms. The first-order valence-electron chi connectivity index (χ1n) is 3.62. The summed E-state index contributed by atoms with van der Waals surface area (Å²) in [6.45, 7) is 0. The van der Waals surface area contributed by atoms with Gasteiger partial charge in [0.05, 0.1) is 11.1 Å². The molecule has 0 aliphatic heterocycles. The van der Waals surface area contributed by atoms with Crippen LogP contribution < -0.4 is 0 Å². The van der Waals surface area contributed by atoms with E-state index in [9.17, 15) is 9.59 Å². The van der Waals surface area contributed by atoms with Crippen LogP contribution in [0.2, 0.25) is 0 Å². The van der Waals surface area contributed by atoms with E-state index in [2.05, 4.69) is 4.98 Å². The minimum absolute atomic E-state index is 0.234. The van der Waals surface area contributed by atoms with Crippen LogP contribution in [0.3, 0.4) is 0 Å². The monoisotopic (exact) mass is 177 g/mol. The SMILES string of the molecule is O=C1C(=O)c2c(c3[nH]c2o3)C=C1O. The van der Waals surface area contributed by atoms with Crippen molar-refractivity contribution < 1.29 is 19.1 Å². The van der Waals surface area contributed by atoms with Crippen LogP contribution in [0.1, 0.15) is 15.9 Å². The highest BCUT2D eigenvalue weighted by Crippen LogP contribution is 2.33. The van der Waals surface area contributed by atoms with Crippen LogP contribution in [-0.2, 0) is 4.79 Å². The Kier molecular flexibility index (Phi) is 0.826. The first kappa shape index (κ1) is 6.47. The summed E-state index contributed by atoms with van der Waals surface area (Å²) in [5, 5.41) is 9.08. The Balaban J connectivity index is 2.42. The molecule has 3 aromatic heterocycles. The highest BCUT2D eigenvalue weighted by Gasteiger charge is 2.35. The van der Waals surface area contributed by atoms with Gasteiger partial charge in [0.15, 0.2) is 5.76 Å². The number of carbonyl (C=O) groups is 2. The van der Waals surface area contributed by atoms with Crippen LogP contribution in [-0.4, -0.2) is 21.7 Å². The largest absolute Gasteiger partial charge is 0.504 e. The Bertz CT molecular complexity index is 541. The molecule has 0 fully saturated rings. The molecule has 5 nitrogen and oxygen atoms in total. The standard InChI is InChI=1S/C8H3NO4/c10-3-1-2-4(6(12)5(3)11)8-9-7(2)13-8/h1,9-10H. The average molecular weight is 177 g/mol. The molecular weight excluding hydrogens is 174 g/mol. The molecule has 64 valence electrons. The Morgan fingerprint density at radius 1 is 1.23 bits per heavy atom. The zero-order chi connectivity index (χ0) is 9.16. The molecule has 0 unspecified atom stereocenters. The van der Waals surface area contributed by atoms with Gasteiger partial charge in [-0.1, -0.05) is 0 Å². The highest BCUT2D eigenvalue weighted by atomic mass is 16.4. The Labute approximate surface area is 71.0 Å². The van der Waals surface area contributed by atoms with Gasteiger partial charge < -0.3 is 9.52 Å². The van der Waals surface area contributed by atoms with Crippen molar-refractivity contribution in [3.63, 3.8) is 0 Å². The van der Waals surface area contributed by atoms with Crippen LogP contribution in [0.5, 0.6) is 0 Å². The molecule has 5 heteroatoms. The molecule has 1 aliphatic carbocycles. The number of H-pyrrole nitrogens is 1. The molecule has 0 radical (unpaired) electrons. The van der Waals surface area contributed by atoms with Crippen molar-refractivity contribution in [3.05, 3.63) is 16.9 Å². The number of allylic oxidation sites excluding steroid dienone is 1. The number of aliphatic hydroxyl groups is 1. The molecule has 3 aromatic rings. The van der Waals surface area contributed by atoms with E-state index in [4.69, 9.17) is 9.52 Å². The number of rotatable bonds is 0. The van der Waals surface area contributed by atoms with Gasteiger partial charge in [-0.05, 0) is 6.08 Å². The smallest absolute Gasteiger partial charge is 0.267 e. The first-order valence-corrected chi connectivity index (χ1v) is 3.62. The fraction of sp³-hybridized carbons (Fsp3) is 0. The van der Waals surface area contributed by atoms with E-state index in [1.54, 1.807) is 0 Å². The zero-order valence-electron chi connectivity index (χ0n) is 6.25. The summed E-state index contributed by atoms with van der Waals surface area (Å²) in [6, 6.07) is 0. The minimum Gasteiger partial charge on any atom is -0.504 e. The van der Waals surface area contributed by atoms with Crippen LogP contribution >= 0.6 is 0 Å². The van der Waals surface area contributed by atoms with Crippen molar-refractivity contribution in [3.8, 4) is 0 Å². The second-order valence-electron chi connectivity index (χ2n) is 2.86. The van der Waals surface area contributed by atoms with E-state index in [1.807, 2.05) is 0 Å². The second kappa shape index (κ2) is 1.66. The number of carbonyl (C=O) groups excluding carboxylic acids is 2. The van der Waals surface area contributed by atoms with Gasteiger partial charge in [-0.25, -0.2) is 0 Å². The van der Waals surface area contributed by atoms with Crippen LogP contribution in [0.4, 0.5) is 0 Å². The quantitative estimate of drug-likeness (QED) is 0.584. The Morgan fingerprint density at radius 2 is 1.92 bits per heavy atom. The number of hydrogen-bond acceptors (Lipinski definition) is 4. The van der Waals surface area contributed by atoms with Gasteiger partial charge in [-0.2, -0.15) is 0 Å². The van der Waals surface area contributed by atoms with Crippen LogP contribution in [0.15, 0.2) is 10.2 Å². The number of furan rings is 1. The molecule has 0 saturated carbocycles. The normalized spacial score (nSPS) is 16.8. The Morgan fingerprint density at radius 3 is 2.62 bits per heavy atom. The summed E-state index contributed by atoms with van der Waals surface area (Å²) in [7, 11) is 0. The van der Waals surface area contributed by atoms with E-state index >= 15 is 0 Å². The van der Waals surface area contributed by atoms with Gasteiger partial charge in [-0.3, -0.25) is 14.6 Å². The van der Waals surface area contributed by atoms with Gasteiger partial charge in [0.1, 0.15) is 0 Å². The van der Waals surface area contributed by atoms with Gasteiger partial charge in [0, 0.05) is 0 Å². The number of ketones is 2. The molecule has 13 heavy (non-hydrogen) atoms. The molecular formula is C8H3NO4. The third-order valence-corrected chi connectivity index (χ3v) is 2.12. The number of aliphatic hydroxyl groups excluding tert-OH is 1. The molecule has 4 rings (SSSR count). The number of aromatic amines is 1. The van der Waals surface area contributed by atoms with Crippen molar-refractivity contribution >= 4 is 29.1 Å². The van der Waals surface area contributed by atoms with E-state index in [0.29, 0.717) is 17.0 Å². The molecule has 0 amide bonds. The van der Waals surface area contributed by atoms with E-state index in [0.717, 1.165) is 0 Å². The topological polar surface area (TPSA) is 83.3 Å². The molecule has 0 atom stereocenters. The maximum Gasteiger partial charge on any atom is 0.267 e. The van der Waals surface area contributed by atoms with Crippen LogP contribution in [0.25, 0.3) is 17.5 Å². The average Bonchev–Trinajstić information content (AvgIpc) is 2.51. The maximum absolute atomic E-state index is 11.3. The minimum atomic E-state index is -0.884. The van der Waals surface area contributed by atoms with Crippen molar-refractivity contribution in [1.82, 2.24) is 4.98 Å². The summed E-state index contributed by atoms with van der Waals surface area (Å²) in [5.41, 5.74) is 1.44. The Hall–Kier alpha value is -2.04. The molecule has 2 N–H and O–H groups in total. The predicted octanol–water partition coefficient (Wildman–Crippen LogP) is 0.863. The fourth-order valence-electron chi connectivity index (χ4n) is 1.48. The fourth-order valence-corrected chi connectivity index (χ4v) is 1.48. The molecule has 1 aliphatic rings. The lowest BCUT2D eigenvalue weighted by Gasteiger charge is -2.02. The number of Topliss-reactive ketones (excluding diaryl/α,β-unsaturated/α-hetero) is 2. The molecule has 0 aromatic carbocycles. The van der Waals surface area contributed by atoms with Crippen molar-refractivity contribution in [2.75, 3.05) is 0 Å². The number of nitrogens with one attached hydrogen (secondary N) is 1. The highest BCUT2D eigenvalue weighted by molar-refractivity contribution is 6.52. The molecule has 0 saturated heterocycles. The third-order valence-electron chi connectivity index (χ3n) is 2.12. The molecule has 2 bridgehead atoms. The lowest BCUT2D eigenvalue weighted by molar-refractivity contribution is -0.114. The van der Waals surface area contributed by atoms with Crippen molar-refractivity contribution in [2.24, 2.45) is 0 Å². The summed E-state index contributed by atoms with van der Waals surface area (Å²) in [6.07, 6.45) is 1.24. The van der Waals surface area contributed by atoms with Crippen molar-refractivity contribution in [1.29, 1.82) is 0 Å². The van der Waals surface area contributed by atoms with Gasteiger partial charge in [-0.15, -0.1) is 0 Å². The lowest BCUT2D eigenvalue weighted by atomic mass is 9.99. The van der Waals surface area contributed by atoms with E-state index < -0.39 is 17.3 Å². The predicted molar refractivity (Wildman–Crippen MR) is 41.7 cm³/mol. The maximum atomic E-state index is 11.3. The summed E-state index contributed by atoms with van der Waals surface area (Å²) < 4.78 is 4.98. The van der Waals surface area contributed by atoms with Crippen LogP contribution in [0, 0.1) is 0 Å². The number of aromatic nitrogens is 1.